The molecule has 2 aliphatic rings. The van der Waals surface area contributed by atoms with E-state index in [1.165, 1.54) is 25.2 Å². The van der Waals surface area contributed by atoms with Crippen LogP contribution in [0, 0.1) is 5.82 Å². The van der Waals surface area contributed by atoms with Gasteiger partial charge in [0.05, 0.1) is 30.4 Å². The molecule has 0 saturated carbocycles. The summed E-state index contributed by atoms with van der Waals surface area (Å²) in [5.41, 5.74) is 2.11. The van der Waals surface area contributed by atoms with Gasteiger partial charge in [-0.1, -0.05) is 11.6 Å². The number of carbonyl (C=O) groups excluding carboxylic acids is 2. The highest BCUT2D eigenvalue weighted by Gasteiger charge is 2.37. The molecule has 1 unspecified atom stereocenters. The molecule has 11 heteroatoms. The van der Waals surface area contributed by atoms with Crippen molar-refractivity contribution in [2.75, 3.05) is 19.0 Å². The van der Waals surface area contributed by atoms with Gasteiger partial charge in [0.2, 0.25) is 0 Å². The van der Waals surface area contributed by atoms with Gasteiger partial charge in [-0.15, -0.1) is 0 Å². The van der Waals surface area contributed by atoms with Crippen LogP contribution >= 0.6 is 11.6 Å². The minimum Gasteiger partial charge on any atom is -0.393 e. The third-order valence-electron chi connectivity index (χ3n) is 5.29. The zero-order valence-corrected chi connectivity index (χ0v) is 17.2. The van der Waals surface area contributed by atoms with Crippen LogP contribution in [0.1, 0.15) is 28.7 Å². The monoisotopic (exact) mass is 437 g/mol. The highest BCUT2D eigenvalue weighted by molar-refractivity contribution is 6.31. The Bertz CT molecular complexity index is 1010. The second-order valence-corrected chi connectivity index (χ2v) is 7.82. The Balaban J connectivity index is 1.61. The van der Waals surface area contributed by atoms with Gasteiger partial charge in [0.25, 0.3) is 5.91 Å². The number of aromatic nitrogens is 2. The van der Waals surface area contributed by atoms with Crippen molar-refractivity contribution in [2.45, 2.75) is 38.6 Å². The average molecular weight is 438 g/mol. The second kappa shape index (κ2) is 7.86. The van der Waals surface area contributed by atoms with Crippen LogP contribution in [0.5, 0.6) is 0 Å². The Hall–Kier alpha value is -2.69. The number of benzene rings is 1. The molecule has 4 rings (SSSR count). The normalized spacial score (nSPS) is 21.2. The molecule has 0 aliphatic carbocycles. The van der Waals surface area contributed by atoms with Gasteiger partial charge in [0.15, 0.2) is 0 Å². The molecule has 30 heavy (non-hydrogen) atoms. The minimum absolute atomic E-state index is 0.0872. The van der Waals surface area contributed by atoms with Crippen molar-refractivity contribution in [1.29, 1.82) is 0 Å². The van der Waals surface area contributed by atoms with E-state index in [4.69, 9.17) is 16.4 Å². The van der Waals surface area contributed by atoms with Gasteiger partial charge in [0.1, 0.15) is 17.6 Å². The molecule has 0 saturated heterocycles. The smallest absolute Gasteiger partial charge is 0.322 e. The zero-order valence-electron chi connectivity index (χ0n) is 16.4. The molecule has 9 nitrogen and oxygen atoms in total. The predicted molar refractivity (Wildman–Crippen MR) is 105 cm³/mol. The van der Waals surface area contributed by atoms with Gasteiger partial charge < -0.3 is 15.3 Å². The summed E-state index contributed by atoms with van der Waals surface area (Å²) in [7, 11) is 1.48. The average Bonchev–Trinajstić information content (AvgIpc) is 2.99. The van der Waals surface area contributed by atoms with E-state index in [1.807, 2.05) is 6.92 Å². The van der Waals surface area contributed by atoms with Gasteiger partial charge in [-0.25, -0.2) is 14.2 Å². The molecule has 2 aliphatic heterocycles. The number of amides is 3. The van der Waals surface area contributed by atoms with Crippen molar-refractivity contribution < 1.29 is 23.9 Å². The fraction of sp³-hybridized carbons (Fsp3) is 0.421. The lowest BCUT2D eigenvalue weighted by Crippen LogP contribution is -2.45. The maximum Gasteiger partial charge on any atom is 0.322 e. The van der Waals surface area contributed by atoms with Crippen molar-refractivity contribution in [2.24, 2.45) is 0 Å². The summed E-state index contributed by atoms with van der Waals surface area (Å²) in [6, 6.07) is 3.38. The van der Waals surface area contributed by atoms with E-state index in [0.717, 1.165) is 10.8 Å². The van der Waals surface area contributed by atoms with Crippen molar-refractivity contribution in [3.8, 4) is 0 Å². The Morgan fingerprint density at radius 1 is 1.47 bits per heavy atom. The SMILES string of the molecule is CC1Cc2nn3c(c2CN1C(=O)Nc1ccc(F)c(Cl)c1)C(=O)N(C)O[C@H](CO)C3. The topological polar surface area (TPSA) is 99.9 Å². The lowest BCUT2D eigenvalue weighted by Gasteiger charge is -2.33. The highest BCUT2D eigenvalue weighted by atomic mass is 35.5. The Morgan fingerprint density at radius 2 is 2.23 bits per heavy atom. The molecule has 2 aromatic rings. The number of rotatable bonds is 2. The quantitative estimate of drug-likeness (QED) is 0.748. The van der Waals surface area contributed by atoms with E-state index >= 15 is 0 Å². The van der Waals surface area contributed by atoms with Crippen molar-refractivity contribution >= 4 is 29.2 Å². The summed E-state index contributed by atoms with van der Waals surface area (Å²) in [5, 5.41) is 17.7. The number of hydroxylamine groups is 2. The third-order valence-corrected chi connectivity index (χ3v) is 5.58. The molecule has 1 aromatic carbocycles. The number of aliphatic hydroxyl groups excluding tert-OH is 1. The highest BCUT2D eigenvalue weighted by Crippen LogP contribution is 2.29. The van der Waals surface area contributed by atoms with Crippen LogP contribution < -0.4 is 5.32 Å². The first-order valence-electron chi connectivity index (χ1n) is 9.45. The zero-order chi connectivity index (χ0) is 21.6. The van der Waals surface area contributed by atoms with Gasteiger partial charge in [0, 0.05) is 30.8 Å². The molecule has 2 N–H and O–H groups in total. The lowest BCUT2D eigenvalue weighted by molar-refractivity contribution is -0.159. The first kappa shape index (κ1) is 20.6. The minimum atomic E-state index is -0.596. The second-order valence-electron chi connectivity index (χ2n) is 7.41. The first-order chi connectivity index (χ1) is 14.3. The van der Waals surface area contributed by atoms with Crippen LogP contribution in [0.15, 0.2) is 18.2 Å². The van der Waals surface area contributed by atoms with Crippen LogP contribution in [-0.2, 0) is 24.3 Å². The summed E-state index contributed by atoms with van der Waals surface area (Å²) in [4.78, 5) is 32.7. The summed E-state index contributed by atoms with van der Waals surface area (Å²) in [5.74, 6) is -0.959. The molecule has 160 valence electrons. The van der Waals surface area contributed by atoms with Crippen LogP contribution in [0.3, 0.4) is 0 Å². The summed E-state index contributed by atoms with van der Waals surface area (Å²) < 4.78 is 14.9. The fourth-order valence-electron chi connectivity index (χ4n) is 3.75. The van der Waals surface area contributed by atoms with Gasteiger partial charge in [-0.2, -0.15) is 5.10 Å². The number of hydrogen-bond donors (Lipinski definition) is 2. The van der Waals surface area contributed by atoms with Gasteiger partial charge >= 0.3 is 6.03 Å². The van der Waals surface area contributed by atoms with Gasteiger partial charge in [-0.3, -0.25) is 14.3 Å². The Morgan fingerprint density at radius 3 is 2.93 bits per heavy atom. The van der Waals surface area contributed by atoms with E-state index in [-0.39, 0.29) is 36.7 Å². The van der Waals surface area contributed by atoms with E-state index in [9.17, 15) is 19.1 Å². The van der Waals surface area contributed by atoms with Crippen LogP contribution in [0.4, 0.5) is 14.9 Å². The molecular weight excluding hydrogens is 417 g/mol. The summed E-state index contributed by atoms with van der Waals surface area (Å²) in [6.45, 7) is 2.03. The van der Waals surface area contributed by atoms with E-state index in [1.54, 1.807) is 9.58 Å². The maximum absolute atomic E-state index is 13.4. The Labute approximate surface area is 176 Å². The number of carbonyl (C=O) groups is 2. The van der Waals surface area contributed by atoms with Crippen molar-refractivity contribution in [1.82, 2.24) is 19.7 Å². The standard InChI is InChI=1S/C19H21ClFN5O4/c1-10-5-16-13(17-18(28)24(2)30-12(9-27)7-26(17)23-16)8-25(10)19(29)22-11-3-4-15(21)14(20)6-11/h3-4,6,10,12,27H,5,7-9H2,1-2H3,(H,22,29)/t10?,12-/m0/s1. The molecule has 2 atom stereocenters. The van der Waals surface area contributed by atoms with Crippen LogP contribution in [-0.4, -0.2) is 62.6 Å². The van der Waals surface area contributed by atoms with Gasteiger partial charge in [-0.05, 0) is 25.1 Å². The lowest BCUT2D eigenvalue weighted by atomic mass is 9.99. The number of nitrogens with one attached hydrogen (secondary N) is 1. The molecule has 0 bridgehead atoms. The molecule has 0 spiro atoms. The Kier molecular flexibility index (Phi) is 5.39. The van der Waals surface area contributed by atoms with E-state index in [2.05, 4.69) is 10.4 Å². The third kappa shape index (κ3) is 3.62. The number of hydrogen-bond acceptors (Lipinski definition) is 5. The predicted octanol–water partition coefficient (Wildman–Crippen LogP) is 2.03. The molecular formula is C19H21ClFN5O4. The molecule has 1 aromatic heterocycles. The molecule has 3 amide bonds. The van der Waals surface area contributed by atoms with E-state index < -0.39 is 18.0 Å². The van der Waals surface area contributed by atoms with Crippen molar-refractivity contribution in [3.63, 3.8) is 0 Å². The number of fused-ring (bicyclic) bond motifs is 3. The van der Waals surface area contributed by atoms with Crippen LogP contribution in [0.25, 0.3) is 0 Å². The largest absolute Gasteiger partial charge is 0.393 e. The molecule has 0 radical (unpaired) electrons. The van der Waals surface area contributed by atoms with Crippen molar-refractivity contribution in [3.05, 3.63) is 46.0 Å². The summed E-state index contributed by atoms with van der Waals surface area (Å²) in [6.07, 6.45) is -0.129. The molecule has 0 fully saturated rings. The van der Waals surface area contributed by atoms with E-state index in [0.29, 0.717) is 23.4 Å². The fourth-order valence-corrected chi connectivity index (χ4v) is 3.93. The summed E-state index contributed by atoms with van der Waals surface area (Å²) >= 11 is 5.79. The first-order valence-corrected chi connectivity index (χ1v) is 9.83. The number of anilines is 1. The molecule has 3 heterocycles. The number of aliphatic hydroxyl groups is 1. The van der Waals surface area contributed by atoms with Crippen LogP contribution in [0.2, 0.25) is 5.02 Å². The maximum atomic E-state index is 13.4. The number of halogens is 2. The number of nitrogens with zero attached hydrogens (tertiary/aromatic N) is 4. The number of urea groups is 1.